The first-order valence-electron chi connectivity index (χ1n) is 7.26. The summed E-state index contributed by atoms with van der Waals surface area (Å²) in [6.45, 7) is 5.95. The first-order chi connectivity index (χ1) is 9.69. The van der Waals surface area contributed by atoms with Gasteiger partial charge in [-0.2, -0.15) is 0 Å². The highest BCUT2D eigenvalue weighted by molar-refractivity contribution is 5.43. The van der Waals surface area contributed by atoms with Crippen LogP contribution in [0, 0.1) is 5.92 Å². The van der Waals surface area contributed by atoms with Gasteiger partial charge >= 0.3 is 0 Å². The van der Waals surface area contributed by atoms with Crippen LogP contribution in [0.5, 0.6) is 11.5 Å². The Balaban J connectivity index is 2.24. The van der Waals surface area contributed by atoms with E-state index >= 15 is 0 Å². The van der Waals surface area contributed by atoms with E-state index in [0.29, 0.717) is 12.0 Å². The van der Waals surface area contributed by atoms with Crippen LogP contribution < -0.4 is 14.8 Å². The quantitative estimate of drug-likeness (QED) is 0.869. The third-order valence-electron chi connectivity index (χ3n) is 3.85. The molecule has 4 nitrogen and oxygen atoms in total. The van der Waals surface area contributed by atoms with Crippen molar-refractivity contribution in [2.75, 3.05) is 27.4 Å². The molecule has 3 atom stereocenters. The lowest BCUT2D eigenvalue weighted by Crippen LogP contribution is -2.37. The highest BCUT2D eigenvalue weighted by Gasteiger charge is 2.31. The Hall–Kier alpha value is -1.26. The molecule has 0 aliphatic carbocycles. The number of fused-ring (bicyclic) bond motifs is 1. The second-order valence-corrected chi connectivity index (χ2v) is 5.34. The average Bonchev–Trinajstić information content (AvgIpc) is 2.47. The Morgan fingerprint density at radius 1 is 1.40 bits per heavy atom. The van der Waals surface area contributed by atoms with Gasteiger partial charge in [0, 0.05) is 31.1 Å². The molecule has 0 bridgehead atoms. The van der Waals surface area contributed by atoms with Gasteiger partial charge in [0.25, 0.3) is 0 Å². The van der Waals surface area contributed by atoms with Crippen molar-refractivity contribution in [3.63, 3.8) is 0 Å². The summed E-state index contributed by atoms with van der Waals surface area (Å²) in [6.07, 6.45) is 1.14. The molecule has 0 spiro atoms. The molecule has 1 N–H and O–H groups in total. The molecule has 1 heterocycles. The van der Waals surface area contributed by atoms with Crippen LogP contribution in [-0.4, -0.2) is 33.5 Å². The zero-order chi connectivity index (χ0) is 14.5. The van der Waals surface area contributed by atoms with Crippen molar-refractivity contribution in [2.45, 2.75) is 32.4 Å². The summed E-state index contributed by atoms with van der Waals surface area (Å²) in [5, 5.41) is 3.54. The number of rotatable bonds is 6. The molecule has 1 aliphatic heterocycles. The SMILES string of the molecule is CCNC1CC(C(C)COC)Oc2ccc(OC)cc21. The van der Waals surface area contributed by atoms with Crippen molar-refractivity contribution < 1.29 is 14.2 Å². The second kappa shape index (κ2) is 6.95. The zero-order valence-electron chi connectivity index (χ0n) is 12.8. The lowest BCUT2D eigenvalue weighted by Gasteiger charge is -2.35. The average molecular weight is 279 g/mol. The Kier molecular flexibility index (Phi) is 5.26. The van der Waals surface area contributed by atoms with E-state index in [-0.39, 0.29) is 6.10 Å². The summed E-state index contributed by atoms with van der Waals surface area (Å²) in [5.74, 6) is 2.20. The normalized spacial score (nSPS) is 22.8. The van der Waals surface area contributed by atoms with Crippen LogP contribution in [0.3, 0.4) is 0 Å². The second-order valence-electron chi connectivity index (χ2n) is 5.34. The van der Waals surface area contributed by atoms with Gasteiger partial charge in [0.2, 0.25) is 0 Å². The van der Waals surface area contributed by atoms with Crippen LogP contribution in [0.25, 0.3) is 0 Å². The predicted molar refractivity (Wildman–Crippen MR) is 79.5 cm³/mol. The van der Waals surface area contributed by atoms with Crippen molar-refractivity contribution in [3.8, 4) is 11.5 Å². The Bertz CT molecular complexity index is 436. The Labute approximate surface area is 121 Å². The third-order valence-corrected chi connectivity index (χ3v) is 3.85. The molecule has 0 saturated heterocycles. The maximum Gasteiger partial charge on any atom is 0.124 e. The number of benzene rings is 1. The summed E-state index contributed by atoms with van der Waals surface area (Å²) < 4.78 is 16.7. The first-order valence-corrected chi connectivity index (χ1v) is 7.26. The Morgan fingerprint density at radius 3 is 2.85 bits per heavy atom. The third kappa shape index (κ3) is 3.25. The summed E-state index contributed by atoms with van der Waals surface area (Å²) in [6, 6.07) is 6.33. The largest absolute Gasteiger partial charge is 0.497 e. The maximum absolute atomic E-state index is 6.15. The van der Waals surface area contributed by atoms with Gasteiger partial charge in [0.15, 0.2) is 0 Å². The number of hydrogen-bond donors (Lipinski definition) is 1. The van der Waals surface area contributed by atoms with Gasteiger partial charge in [-0.3, -0.25) is 0 Å². The molecule has 2 rings (SSSR count). The van der Waals surface area contributed by atoms with Gasteiger partial charge in [-0.1, -0.05) is 13.8 Å². The predicted octanol–water partition coefficient (Wildman–Crippen LogP) is 2.78. The Morgan fingerprint density at radius 2 is 2.20 bits per heavy atom. The van der Waals surface area contributed by atoms with Crippen LogP contribution in [0.15, 0.2) is 18.2 Å². The maximum atomic E-state index is 6.15. The zero-order valence-corrected chi connectivity index (χ0v) is 12.8. The van der Waals surface area contributed by atoms with Gasteiger partial charge < -0.3 is 19.5 Å². The fourth-order valence-electron chi connectivity index (χ4n) is 2.76. The molecule has 1 aliphatic rings. The van der Waals surface area contributed by atoms with Gasteiger partial charge in [-0.15, -0.1) is 0 Å². The van der Waals surface area contributed by atoms with Crippen molar-refractivity contribution in [3.05, 3.63) is 23.8 Å². The van der Waals surface area contributed by atoms with E-state index in [1.165, 1.54) is 5.56 Å². The number of ether oxygens (including phenoxy) is 3. The smallest absolute Gasteiger partial charge is 0.124 e. The first kappa shape index (κ1) is 15.1. The number of methoxy groups -OCH3 is 2. The lowest BCUT2D eigenvalue weighted by molar-refractivity contribution is 0.0502. The molecular weight excluding hydrogens is 254 g/mol. The highest BCUT2D eigenvalue weighted by Crippen LogP contribution is 2.38. The number of nitrogens with one attached hydrogen (secondary N) is 1. The summed E-state index contributed by atoms with van der Waals surface area (Å²) in [4.78, 5) is 0. The molecule has 0 fully saturated rings. The standard InChI is InChI=1S/C16H25NO3/c1-5-17-14-9-16(11(2)10-18-3)20-15-7-6-12(19-4)8-13(14)15/h6-8,11,14,16-17H,5,9-10H2,1-4H3. The fraction of sp³-hybridized carbons (Fsp3) is 0.625. The van der Waals surface area contributed by atoms with Crippen LogP contribution in [0.2, 0.25) is 0 Å². The van der Waals surface area contributed by atoms with Crippen LogP contribution in [0.4, 0.5) is 0 Å². The van der Waals surface area contributed by atoms with Crippen LogP contribution in [-0.2, 0) is 4.74 Å². The minimum Gasteiger partial charge on any atom is -0.497 e. The van der Waals surface area contributed by atoms with Crippen molar-refractivity contribution >= 4 is 0 Å². The van der Waals surface area contributed by atoms with Crippen LogP contribution >= 0.6 is 0 Å². The van der Waals surface area contributed by atoms with Gasteiger partial charge in [0.1, 0.15) is 17.6 Å². The van der Waals surface area contributed by atoms with Crippen LogP contribution in [0.1, 0.15) is 31.9 Å². The molecule has 1 aromatic rings. The molecule has 20 heavy (non-hydrogen) atoms. The molecule has 3 unspecified atom stereocenters. The van der Waals surface area contributed by atoms with E-state index in [9.17, 15) is 0 Å². The molecule has 4 heteroatoms. The molecule has 112 valence electrons. The van der Waals surface area contributed by atoms with Gasteiger partial charge in [-0.05, 0) is 24.7 Å². The topological polar surface area (TPSA) is 39.7 Å². The highest BCUT2D eigenvalue weighted by atomic mass is 16.5. The fourth-order valence-corrected chi connectivity index (χ4v) is 2.76. The van der Waals surface area contributed by atoms with E-state index in [2.05, 4.69) is 25.2 Å². The molecule has 0 aromatic heterocycles. The van der Waals surface area contributed by atoms with E-state index < -0.39 is 0 Å². The summed E-state index contributed by atoms with van der Waals surface area (Å²) in [5.41, 5.74) is 1.19. The summed E-state index contributed by atoms with van der Waals surface area (Å²) in [7, 11) is 3.43. The van der Waals surface area contributed by atoms with E-state index in [1.54, 1.807) is 14.2 Å². The molecule has 0 amide bonds. The van der Waals surface area contributed by atoms with Crippen molar-refractivity contribution in [1.29, 1.82) is 0 Å². The molecule has 0 radical (unpaired) electrons. The van der Waals surface area contributed by atoms with E-state index in [0.717, 1.165) is 31.1 Å². The monoisotopic (exact) mass is 279 g/mol. The molecule has 0 saturated carbocycles. The van der Waals surface area contributed by atoms with Crippen molar-refractivity contribution in [1.82, 2.24) is 5.32 Å². The molecular formula is C16H25NO3. The van der Waals surface area contributed by atoms with Crippen molar-refractivity contribution in [2.24, 2.45) is 5.92 Å². The van der Waals surface area contributed by atoms with E-state index in [4.69, 9.17) is 14.2 Å². The molecule has 1 aromatic carbocycles. The lowest BCUT2D eigenvalue weighted by atomic mass is 9.90. The number of hydrogen-bond acceptors (Lipinski definition) is 4. The summed E-state index contributed by atoms with van der Waals surface area (Å²) >= 11 is 0. The van der Waals surface area contributed by atoms with Gasteiger partial charge in [-0.25, -0.2) is 0 Å². The minimum absolute atomic E-state index is 0.180. The minimum atomic E-state index is 0.180. The van der Waals surface area contributed by atoms with Gasteiger partial charge in [0.05, 0.1) is 13.7 Å². The van der Waals surface area contributed by atoms with E-state index in [1.807, 2.05) is 12.1 Å².